The van der Waals surface area contributed by atoms with Crippen molar-refractivity contribution in [1.29, 1.82) is 0 Å². The number of nitrogens with two attached hydrogens (primary N) is 2. The van der Waals surface area contributed by atoms with Gasteiger partial charge in [0.2, 0.25) is 0 Å². The summed E-state index contributed by atoms with van der Waals surface area (Å²) < 4.78 is 1.89. The SMILES string of the molecule is Cc1c(C)c(/C(=N/N)c2ccccc2)n(CC(=O)NN)c1C. The Bertz CT molecular complexity index is 716. The van der Waals surface area contributed by atoms with Crippen LogP contribution in [0.15, 0.2) is 35.4 Å². The molecule has 0 bridgehead atoms. The van der Waals surface area contributed by atoms with Gasteiger partial charge < -0.3 is 10.4 Å². The smallest absolute Gasteiger partial charge is 0.253 e. The van der Waals surface area contributed by atoms with Crippen molar-refractivity contribution < 1.29 is 4.79 Å². The summed E-state index contributed by atoms with van der Waals surface area (Å²) in [5, 5.41) is 3.97. The third-order valence-electron chi connectivity index (χ3n) is 4.00. The van der Waals surface area contributed by atoms with Crippen molar-refractivity contribution in [3.63, 3.8) is 0 Å². The molecule has 2 aromatic rings. The van der Waals surface area contributed by atoms with Crippen LogP contribution < -0.4 is 17.1 Å². The van der Waals surface area contributed by atoms with E-state index in [9.17, 15) is 4.79 Å². The van der Waals surface area contributed by atoms with E-state index in [1.165, 1.54) is 0 Å². The molecule has 0 spiro atoms. The molecule has 5 N–H and O–H groups in total. The Labute approximate surface area is 129 Å². The Morgan fingerprint density at radius 2 is 1.82 bits per heavy atom. The molecule has 1 amide bonds. The minimum atomic E-state index is -0.274. The standard InChI is InChI=1S/C16H21N5O/c1-10-11(2)16(21(12(10)3)9-14(22)19-17)15(20-18)13-7-5-4-6-8-13/h4-8H,9,17-18H2,1-3H3,(H,19,22)/b20-15+. The second kappa shape index (κ2) is 6.44. The Kier molecular flexibility index (Phi) is 4.62. The molecular weight excluding hydrogens is 278 g/mol. The van der Waals surface area contributed by atoms with Gasteiger partial charge in [0, 0.05) is 11.3 Å². The van der Waals surface area contributed by atoms with Crippen LogP contribution >= 0.6 is 0 Å². The predicted molar refractivity (Wildman–Crippen MR) is 87.2 cm³/mol. The van der Waals surface area contributed by atoms with Crippen LogP contribution in [0.4, 0.5) is 0 Å². The number of hydrogen-bond donors (Lipinski definition) is 3. The zero-order valence-electron chi connectivity index (χ0n) is 13.1. The number of hydrazone groups is 1. The van der Waals surface area contributed by atoms with Crippen molar-refractivity contribution in [2.24, 2.45) is 16.8 Å². The zero-order chi connectivity index (χ0) is 16.3. The first-order valence-corrected chi connectivity index (χ1v) is 7.00. The lowest BCUT2D eigenvalue weighted by Gasteiger charge is -2.13. The Hall–Kier alpha value is -2.60. The Morgan fingerprint density at radius 1 is 1.18 bits per heavy atom. The van der Waals surface area contributed by atoms with Gasteiger partial charge in [0.05, 0.1) is 5.69 Å². The van der Waals surface area contributed by atoms with E-state index in [2.05, 4.69) is 10.5 Å². The van der Waals surface area contributed by atoms with E-state index in [1.54, 1.807) is 0 Å². The first-order valence-electron chi connectivity index (χ1n) is 7.00. The van der Waals surface area contributed by atoms with Crippen molar-refractivity contribution in [2.45, 2.75) is 27.3 Å². The maximum absolute atomic E-state index is 11.7. The van der Waals surface area contributed by atoms with Crippen molar-refractivity contribution in [2.75, 3.05) is 0 Å². The number of rotatable bonds is 4. The second-order valence-electron chi connectivity index (χ2n) is 5.18. The van der Waals surface area contributed by atoms with Gasteiger partial charge in [-0.1, -0.05) is 30.3 Å². The quantitative estimate of drug-likeness (QED) is 0.341. The van der Waals surface area contributed by atoms with Gasteiger partial charge in [0.1, 0.15) is 12.3 Å². The predicted octanol–water partition coefficient (Wildman–Crippen LogP) is 1.11. The average molecular weight is 299 g/mol. The van der Waals surface area contributed by atoms with Crippen molar-refractivity contribution in [3.8, 4) is 0 Å². The van der Waals surface area contributed by atoms with Crippen LogP contribution in [0.1, 0.15) is 28.1 Å². The number of nitrogens with one attached hydrogen (secondary N) is 1. The van der Waals surface area contributed by atoms with Gasteiger partial charge in [0.25, 0.3) is 5.91 Å². The number of nitrogens with zero attached hydrogens (tertiary/aromatic N) is 2. The van der Waals surface area contributed by atoms with Gasteiger partial charge in [-0.25, -0.2) is 5.84 Å². The first-order chi connectivity index (χ1) is 10.5. The molecule has 0 aliphatic rings. The summed E-state index contributed by atoms with van der Waals surface area (Å²) in [6.07, 6.45) is 0. The van der Waals surface area contributed by atoms with Crippen LogP contribution in [0, 0.1) is 20.8 Å². The van der Waals surface area contributed by atoms with Crippen LogP contribution in [0.3, 0.4) is 0 Å². The van der Waals surface area contributed by atoms with E-state index in [-0.39, 0.29) is 12.5 Å². The van der Waals surface area contributed by atoms with Crippen LogP contribution in [-0.4, -0.2) is 16.2 Å². The largest absolute Gasteiger partial charge is 0.334 e. The molecule has 116 valence electrons. The highest BCUT2D eigenvalue weighted by atomic mass is 16.2. The summed E-state index contributed by atoms with van der Waals surface area (Å²) >= 11 is 0. The van der Waals surface area contributed by atoms with Gasteiger partial charge in [-0.2, -0.15) is 5.10 Å². The second-order valence-corrected chi connectivity index (χ2v) is 5.18. The van der Waals surface area contributed by atoms with Gasteiger partial charge in [0.15, 0.2) is 0 Å². The Morgan fingerprint density at radius 3 is 2.36 bits per heavy atom. The molecule has 0 fully saturated rings. The van der Waals surface area contributed by atoms with Crippen LogP contribution in [0.2, 0.25) is 0 Å². The molecule has 0 aliphatic heterocycles. The number of hydrogen-bond acceptors (Lipinski definition) is 4. The highest BCUT2D eigenvalue weighted by molar-refractivity contribution is 6.13. The third-order valence-corrected chi connectivity index (χ3v) is 4.00. The molecule has 0 saturated carbocycles. The number of aromatic nitrogens is 1. The van der Waals surface area contributed by atoms with Gasteiger partial charge in [-0.3, -0.25) is 10.2 Å². The molecule has 1 heterocycles. The van der Waals surface area contributed by atoms with Gasteiger partial charge in [-0.05, 0) is 31.9 Å². The van der Waals surface area contributed by atoms with Crippen molar-refractivity contribution >= 4 is 11.6 Å². The van der Waals surface area contributed by atoms with Gasteiger partial charge >= 0.3 is 0 Å². The number of carbonyl (C=O) groups excluding carboxylic acids is 1. The lowest BCUT2D eigenvalue weighted by molar-refractivity contribution is -0.121. The third kappa shape index (κ3) is 2.73. The highest BCUT2D eigenvalue weighted by Gasteiger charge is 2.21. The Balaban J connectivity index is 2.63. The van der Waals surface area contributed by atoms with E-state index < -0.39 is 0 Å². The minimum absolute atomic E-state index is 0.123. The van der Waals surface area contributed by atoms with Crippen LogP contribution in [0.5, 0.6) is 0 Å². The molecule has 1 aromatic heterocycles. The molecule has 6 nitrogen and oxygen atoms in total. The molecular formula is C16H21N5O. The number of benzene rings is 1. The maximum atomic E-state index is 11.7. The highest BCUT2D eigenvalue weighted by Crippen LogP contribution is 2.24. The van der Waals surface area contributed by atoms with E-state index in [1.807, 2.05) is 55.7 Å². The van der Waals surface area contributed by atoms with Gasteiger partial charge in [-0.15, -0.1) is 0 Å². The maximum Gasteiger partial charge on any atom is 0.253 e. The van der Waals surface area contributed by atoms with E-state index in [4.69, 9.17) is 11.7 Å². The normalized spacial score (nSPS) is 11.5. The number of amides is 1. The molecule has 6 heteroatoms. The number of carbonyl (C=O) groups is 1. The zero-order valence-corrected chi connectivity index (χ0v) is 13.1. The average Bonchev–Trinajstić information content (AvgIpc) is 2.74. The van der Waals surface area contributed by atoms with Crippen molar-refractivity contribution in [1.82, 2.24) is 9.99 Å². The summed E-state index contributed by atoms with van der Waals surface area (Å²) in [5.74, 6) is 10.6. The summed E-state index contributed by atoms with van der Waals surface area (Å²) in [5.41, 5.74) is 7.71. The fourth-order valence-corrected chi connectivity index (χ4v) is 2.58. The first kappa shape index (κ1) is 15.8. The molecule has 0 aliphatic carbocycles. The fourth-order valence-electron chi connectivity index (χ4n) is 2.58. The summed E-state index contributed by atoms with van der Waals surface area (Å²) in [6, 6.07) is 9.67. The molecule has 1 aromatic carbocycles. The van der Waals surface area contributed by atoms with E-state index >= 15 is 0 Å². The molecule has 0 unspecified atom stereocenters. The molecule has 0 saturated heterocycles. The molecule has 0 atom stereocenters. The summed E-state index contributed by atoms with van der Waals surface area (Å²) in [7, 11) is 0. The van der Waals surface area contributed by atoms with Crippen LogP contribution in [-0.2, 0) is 11.3 Å². The number of hydrazine groups is 1. The van der Waals surface area contributed by atoms with E-state index in [0.29, 0.717) is 5.71 Å². The lowest BCUT2D eigenvalue weighted by atomic mass is 10.0. The summed E-state index contributed by atoms with van der Waals surface area (Å²) in [4.78, 5) is 11.7. The monoisotopic (exact) mass is 299 g/mol. The molecule has 0 radical (unpaired) electrons. The molecule has 2 rings (SSSR count). The fraction of sp³-hybridized carbons (Fsp3) is 0.250. The minimum Gasteiger partial charge on any atom is -0.334 e. The topological polar surface area (TPSA) is 98.4 Å². The molecule has 22 heavy (non-hydrogen) atoms. The van der Waals surface area contributed by atoms with Crippen molar-refractivity contribution in [3.05, 3.63) is 58.4 Å². The summed E-state index contributed by atoms with van der Waals surface area (Å²) in [6.45, 7) is 6.11. The van der Waals surface area contributed by atoms with E-state index in [0.717, 1.165) is 28.1 Å². The van der Waals surface area contributed by atoms with Crippen LogP contribution in [0.25, 0.3) is 0 Å². The lowest BCUT2D eigenvalue weighted by Crippen LogP contribution is -2.34.